The number of nitriles is 1. The maximum absolute atomic E-state index is 12.4. The van der Waals surface area contributed by atoms with Crippen LogP contribution in [0.5, 0.6) is 0 Å². The molecule has 1 unspecified atom stereocenters. The minimum atomic E-state index is -0.694. The van der Waals surface area contributed by atoms with Crippen molar-refractivity contribution in [2.75, 3.05) is 0 Å². The van der Waals surface area contributed by atoms with E-state index < -0.39 is 5.92 Å². The Balaban J connectivity index is 2.42. The van der Waals surface area contributed by atoms with E-state index in [-0.39, 0.29) is 5.78 Å². The molecule has 0 bridgehead atoms. The molecule has 90 valence electrons. The van der Waals surface area contributed by atoms with E-state index in [2.05, 4.69) is 28.7 Å². The molecule has 0 saturated heterocycles. The molecule has 0 saturated carbocycles. The highest BCUT2D eigenvalue weighted by atomic mass is 127. The molecule has 0 spiro atoms. The van der Waals surface area contributed by atoms with E-state index in [0.717, 1.165) is 14.0 Å². The predicted octanol–water partition coefficient (Wildman–Crippen LogP) is 4.15. The number of rotatable bonds is 3. The lowest BCUT2D eigenvalue weighted by Crippen LogP contribution is -2.12. The van der Waals surface area contributed by atoms with Gasteiger partial charge in [0.25, 0.3) is 0 Å². The van der Waals surface area contributed by atoms with Gasteiger partial charge in [-0.3, -0.25) is 4.79 Å². The van der Waals surface area contributed by atoms with E-state index in [1.54, 1.807) is 6.07 Å². The first-order valence-corrected chi connectivity index (χ1v) is 7.33. The molecule has 1 aromatic heterocycles. The zero-order valence-corrected chi connectivity index (χ0v) is 12.7. The second-order valence-corrected chi connectivity index (χ2v) is 5.94. The minimum Gasteiger partial charge on any atom is -0.292 e. The van der Waals surface area contributed by atoms with Gasteiger partial charge in [0.15, 0.2) is 5.78 Å². The molecule has 2 rings (SSSR count). The van der Waals surface area contributed by atoms with Crippen LogP contribution in [0.1, 0.15) is 26.7 Å². The third-order valence-electron chi connectivity index (χ3n) is 2.68. The average molecular weight is 367 g/mol. The summed E-state index contributed by atoms with van der Waals surface area (Å²) in [7, 11) is 0. The normalized spacial score (nSPS) is 11.8. The van der Waals surface area contributed by atoms with Gasteiger partial charge in [-0.1, -0.05) is 24.3 Å². The molecule has 0 aliphatic heterocycles. The summed E-state index contributed by atoms with van der Waals surface area (Å²) in [6.07, 6.45) is 0. The van der Waals surface area contributed by atoms with Crippen LogP contribution in [0.3, 0.4) is 0 Å². The van der Waals surface area contributed by atoms with Crippen LogP contribution in [0.15, 0.2) is 35.7 Å². The van der Waals surface area contributed by atoms with Crippen LogP contribution in [0, 0.1) is 21.8 Å². The summed E-state index contributed by atoms with van der Waals surface area (Å²) in [5.41, 5.74) is 1.69. The van der Waals surface area contributed by atoms with Crippen LogP contribution in [-0.2, 0) is 0 Å². The van der Waals surface area contributed by atoms with Crippen molar-refractivity contribution in [3.05, 3.63) is 55.3 Å². The maximum atomic E-state index is 12.4. The van der Waals surface area contributed by atoms with Gasteiger partial charge in [-0.25, -0.2) is 0 Å². The number of carbonyl (C=O) groups excluding carboxylic acids is 1. The van der Waals surface area contributed by atoms with Crippen molar-refractivity contribution in [3.8, 4) is 6.07 Å². The first kappa shape index (κ1) is 13.2. The first-order valence-electron chi connectivity index (χ1n) is 5.37. The van der Waals surface area contributed by atoms with Crippen molar-refractivity contribution in [2.45, 2.75) is 12.8 Å². The van der Waals surface area contributed by atoms with Gasteiger partial charge in [0, 0.05) is 14.0 Å². The largest absolute Gasteiger partial charge is 0.292 e. The third-order valence-corrected chi connectivity index (χ3v) is 5.05. The molecule has 0 radical (unpaired) electrons. The number of hydrogen-bond acceptors (Lipinski definition) is 3. The number of aryl methyl sites for hydroxylation is 1. The molecular weight excluding hydrogens is 357 g/mol. The second kappa shape index (κ2) is 5.63. The van der Waals surface area contributed by atoms with Gasteiger partial charge in [0.2, 0.25) is 0 Å². The SMILES string of the molecule is Cc1cccc(C(=O)C(C#N)c2cccs2)c1I. The monoisotopic (exact) mass is 367 g/mol. The molecule has 0 aliphatic rings. The van der Waals surface area contributed by atoms with Crippen molar-refractivity contribution in [3.63, 3.8) is 0 Å². The van der Waals surface area contributed by atoms with E-state index in [1.165, 1.54) is 11.3 Å². The molecule has 1 aromatic carbocycles. The highest BCUT2D eigenvalue weighted by Crippen LogP contribution is 2.27. The van der Waals surface area contributed by atoms with Gasteiger partial charge < -0.3 is 0 Å². The van der Waals surface area contributed by atoms with E-state index in [1.807, 2.05) is 36.6 Å². The fraction of sp³-hybridized carbons (Fsp3) is 0.143. The quantitative estimate of drug-likeness (QED) is 0.604. The lowest BCUT2D eigenvalue weighted by Gasteiger charge is -2.09. The summed E-state index contributed by atoms with van der Waals surface area (Å²) >= 11 is 3.60. The van der Waals surface area contributed by atoms with Crippen molar-refractivity contribution in [1.82, 2.24) is 0 Å². The van der Waals surface area contributed by atoms with Crippen LogP contribution in [-0.4, -0.2) is 5.78 Å². The van der Waals surface area contributed by atoms with E-state index in [9.17, 15) is 10.1 Å². The smallest absolute Gasteiger partial charge is 0.186 e. The van der Waals surface area contributed by atoms with Crippen LogP contribution < -0.4 is 0 Å². The molecule has 4 heteroatoms. The minimum absolute atomic E-state index is 0.118. The fourth-order valence-corrected chi connectivity index (χ4v) is 3.09. The Morgan fingerprint density at radius 1 is 1.39 bits per heavy atom. The first-order chi connectivity index (χ1) is 8.65. The number of benzene rings is 1. The lowest BCUT2D eigenvalue weighted by atomic mass is 9.96. The Labute approximate surface area is 123 Å². The Bertz CT molecular complexity index is 613. The van der Waals surface area contributed by atoms with Crippen LogP contribution in [0.25, 0.3) is 0 Å². The summed E-state index contributed by atoms with van der Waals surface area (Å²) in [5, 5.41) is 11.1. The van der Waals surface area contributed by atoms with Gasteiger partial charge in [-0.2, -0.15) is 5.26 Å². The number of halogens is 1. The van der Waals surface area contributed by atoms with Gasteiger partial charge in [0.1, 0.15) is 5.92 Å². The molecule has 2 aromatic rings. The standard InChI is InChI=1S/C14H10INOS/c1-9-4-2-5-10(13(9)15)14(17)11(8-16)12-6-3-7-18-12/h2-7,11H,1H3. The zero-order valence-electron chi connectivity index (χ0n) is 9.68. The highest BCUT2D eigenvalue weighted by Gasteiger charge is 2.24. The van der Waals surface area contributed by atoms with E-state index >= 15 is 0 Å². The number of nitrogens with zero attached hydrogens (tertiary/aromatic N) is 1. The summed E-state index contributed by atoms with van der Waals surface area (Å²) < 4.78 is 0.928. The lowest BCUT2D eigenvalue weighted by molar-refractivity contribution is 0.0979. The third kappa shape index (κ3) is 2.47. The Hall–Kier alpha value is -1.19. The molecule has 1 heterocycles. The van der Waals surface area contributed by atoms with Gasteiger partial charge in [-0.05, 0) is 46.5 Å². The van der Waals surface area contributed by atoms with E-state index in [0.29, 0.717) is 5.56 Å². The Morgan fingerprint density at radius 3 is 2.78 bits per heavy atom. The maximum Gasteiger partial charge on any atom is 0.186 e. The van der Waals surface area contributed by atoms with Gasteiger partial charge in [0.05, 0.1) is 6.07 Å². The Morgan fingerprint density at radius 2 is 2.17 bits per heavy atom. The molecule has 18 heavy (non-hydrogen) atoms. The Kier molecular flexibility index (Phi) is 4.15. The molecule has 0 aliphatic carbocycles. The van der Waals surface area contributed by atoms with Gasteiger partial charge in [-0.15, -0.1) is 11.3 Å². The topological polar surface area (TPSA) is 40.9 Å². The van der Waals surface area contributed by atoms with Crippen LogP contribution in [0.4, 0.5) is 0 Å². The fourth-order valence-electron chi connectivity index (χ4n) is 1.70. The predicted molar refractivity (Wildman–Crippen MR) is 80.9 cm³/mol. The van der Waals surface area contributed by atoms with E-state index in [4.69, 9.17) is 0 Å². The molecule has 2 nitrogen and oxygen atoms in total. The van der Waals surface area contributed by atoms with Crippen molar-refractivity contribution in [1.29, 1.82) is 5.26 Å². The highest BCUT2D eigenvalue weighted by molar-refractivity contribution is 14.1. The van der Waals surface area contributed by atoms with Crippen LogP contribution >= 0.6 is 33.9 Å². The summed E-state index contributed by atoms with van der Waals surface area (Å²) in [6.45, 7) is 1.96. The number of Topliss-reactive ketones (excluding diaryl/α,β-unsaturated/α-hetero) is 1. The summed E-state index contributed by atoms with van der Waals surface area (Å²) in [6, 6.07) is 11.4. The van der Waals surface area contributed by atoms with Crippen LogP contribution in [0.2, 0.25) is 0 Å². The number of thiophene rings is 1. The molecule has 0 N–H and O–H groups in total. The number of ketones is 1. The molecular formula is C14H10INOS. The van der Waals surface area contributed by atoms with Crippen molar-refractivity contribution >= 4 is 39.7 Å². The zero-order chi connectivity index (χ0) is 13.1. The average Bonchev–Trinajstić information content (AvgIpc) is 2.87. The molecule has 0 amide bonds. The summed E-state index contributed by atoms with van der Waals surface area (Å²) in [5.74, 6) is -0.812. The van der Waals surface area contributed by atoms with Crippen molar-refractivity contribution in [2.24, 2.45) is 0 Å². The number of hydrogen-bond donors (Lipinski definition) is 0. The summed E-state index contributed by atoms with van der Waals surface area (Å²) in [4.78, 5) is 13.2. The molecule has 0 fully saturated rings. The second-order valence-electron chi connectivity index (χ2n) is 3.88. The van der Waals surface area contributed by atoms with Crippen molar-refractivity contribution < 1.29 is 4.79 Å². The number of carbonyl (C=O) groups is 1. The molecule has 1 atom stereocenters. The van der Waals surface area contributed by atoms with Gasteiger partial charge >= 0.3 is 0 Å².